The van der Waals surface area contributed by atoms with Gasteiger partial charge in [0.05, 0.1) is 6.61 Å². The molecular formula is C16H28N2O. The highest BCUT2D eigenvalue weighted by atomic mass is 16.5. The van der Waals surface area contributed by atoms with Crippen LogP contribution in [0.1, 0.15) is 44.6 Å². The predicted molar refractivity (Wildman–Crippen MR) is 81.8 cm³/mol. The smallest absolute Gasteiger partial charge is 0.122 e. The molecule has 0 radical (unpaired) electrons. The molecule has 3 nitrogen and oxygen atoms in total. The number of rotatable bonds is 10. The molecule has 0 aromatic heterocycles. The van der Waals surface area contributed by atoms with Gasteiger partial charge in [-0.25, -0.2) is 0 Å². The number of nitrogens with one attached hydrogen (secondary N) is 1. The third-order valence-corrected chi connectivity index (χ3v) is 3.39. The zero-order valence-corrected chi connectivity index (χ0v) is 12.3. The molecule has 3 N–H and O–H groups in total. The molecule has 0 bridgehead atoms. The summed E-state index contributed by atoms with van der Waals surface area (Å²) < 4.78 is 5.91. The van der Waals surface area contributed by atoms with Crippen molar-refractivity contribution in [1.82, 2.24) is 5.32 Å². The molecule has 1 aromatic carbocycles. The summed E-state index contributed by atoms with van der Waals surface area (Å²) in [5.41, 5.74) is 6.74. The van der Waals surface area contributed by atoms with Crippen molar-refractivity contribution in [3.05, 3.63) is 29.8 Å². The average molecular weight is 264 g/mol. The topological polar surface area (TPSA) is 47.3 Å². The minimum absolute atomic E-state index is 0.558. The maximum Gasteiger partial charge on any atom is 0.122 e. The molecular weight excluding hydrogens is 236 g/mol. The molecule has 1 aromatic rings. The summed E-state index contributed by atoms with van der Waals surface area (Å²) in [7, 11) is 0. The minimum Gasteiger partial charge on any atom is -0.493 e. The highest BCUT2D eigenvalue weighted by Crippen LogP contribution is 2.28. The number of hydrogen-bond donors (Lipinski definition) is 2. The van der Waals surface area contributed by atoms with Crippen molar-refractivity contribution >= 4 is 0 Å². The summed E-state index contributed by atoms with van der Waals surface area (Å²) in [6.45, 7) is 7.88. The Morgan fingerprint density at radius 1 is 1.21 bits per heavy atom. The summed E-state index contributed by atoms with van der Waals surface area (Å²) in [6.07, 6.45) is 3.35. The normalized spacial score (nSPS) is 12.4. The number of benzene rings is 1. The first-order valence-corrected chi connectivity index (χ1v) is 7.42. The van der Waals surface area contributed by atoms with Crippen LogP contribution in [0.25, 0.3) is 0 Å². The fourth-order valence-electron chi connectivity index (χ4n) is 2.00. The van der Waals surface area contributed by atoms with Gasteiger partial charge in [-0.2, -0.15) is 0 Å². The molecule has 3 heteroatoms. The van der Waals surface area contributed by atoms with Crippen molar-refractivity contribution in [2.75, 3.05) is 26.2 Å². The maximum absolute atomic E-state index is 5.91. The van der Waals surface area contributed by atoms with Gasteiger partial charge in [-0.1, -0.05) is 32.0 Å². The van der Waals surface area contributed by atoms with Crippen LogP contribution in [0.15, 0.2) is 24.3 Å². The summed E-state index contributed by atoms with van der Waals surface area (Å²) >= 11 is 0. The lowest BCUT2D eigenvalue weighted by Crippen LogP contribution is -2.23. The molecule has 19 heavy (non-hydrogen) atoms. The Balaban J connectivity index is 2.29. The zero-order chi connectivity index (χ0) is 13.9. The Bertz CT molecular complexity index is 341. The third kappa shape index (κ3) is 6.08. The summed E-state index contributed by atoms with van der Waals surface area (Å²) in [5, 5.41) is 3.29. The van der Waals surface area contributed by atoms with Crippen LogP contribution in [0.4, 0.5) is 0 Å². The largest absolute Gasteiger partial charge is 0.493 e. The summed E-state index contributed by atoms with van der Waals surface area (Å²) in [4.78, 5) is 0. The van der Waals surface area contributed by atoms with Gasteiger partial charge in [-0.05, 0) is 43.4 Å². The monoisotopic (exact) mass is 264 g/mol. The Kier molecular flexibility index (Phi) is 8.26. The van der Waals surface area contributed by atoms with Gasteiger partial charge < -0.3 is 15.8 Å². The van der Waals surface area contributed by atoms with E-state index in [1.807, 2.05) is 6.07 Å². The van der Waals surface area contributed by atoms with Crippen LogP contribution in [-0.4, -0.2) is 26.2 Å². The lowest BCUT2D eigenvalue weighted by atomic mass is 9.98. The SMILES string of the molecule is CC[C@@H](C)c1ccccc1OCCCCNCCN. The van der Waals surface area contributed by atoms with Crippen molar-refractivity contribution in [2.24, 2.45) is 5.73 Å². The van der Waals surface area contributed by atoms with Gasteiger partial charge >= 0.3 is 0 Å². The van der Waals surface area contributed by atoms with E-state index in [4.69, 9.17) is 10.5 Å². The van der Waals surface area contributed by atoms with Gasteiger partial charge in [0, 0.05) is 13.1 Å². The van der Waals surface area contributed by atoms with Gasteiger partial charge in [0.15, 0.2) is 0 Å². The molecule has 0 heterocycles. The first-order chi connectivity index (χ1) is 9.29. The fraction of sp³-hybridized carbons (Fsp3) is 0.625. The van der Waals surface area contributed by atoms with E-state index in [0.717, 1.165) is 44.7 Å². The van der Waals surface area contributed by atoms with Crippen molar-refractivity contribution < 1.29 is 4.74 Å². The second-order valence-electron chi connectivity index (χ2n) is 4.94. The molecule has 1 atom stereocenters. The predicted octanol–water partition coefficient (Wildman–Crippen LogP) is 2.91. The Morgan fingerprint density at radius 3 is 2.74 bits per heavy atom. The molecule has 0 aliphatic heterocycles. The number of para-hydroxylation sites is 1. The Hall–Kier alpha value is -1.06. The minimum atomic E-state index is 0.558. The van der Waals surface area contributed by atoms with E-state index in [2.05, 4.69) is 37.4 Å². The van der Waals surface area contributed by atoms with Crippen molar-refractivity contribution in [3.63, 3.8) is 0 Å². The molecule has 0 spiro atoms. The van der Waals surface area contributed by atoms with Crippen LogP contribution >= 0.6 is 0 Å². The average Bonchev–Trinajstić information content (AvgIpc) is 2.46. The summed E-state index contributed by atoms with van der Waals surface area (Å²) in [5.74, 6) is 1.61. The van der Waals surface area contributed by atoms with Gasteiger partial charge in [0.1, 0.15) is 5.75 Å². The maximum atomic E-state index is 5.91. The van der Waals surface area contributed by atoms with E-state index in [1.54, 1.807) is 0 Å². The van der Waals surface area contributed by atoms with E-state index in [1.165, 1.54) is 5.56 Å². The Morgan fingerprint density at radius 2 is 2.00 bits per heavy atom. The Labute approximate surface area is 117 Å². The highest BCUT2D eigenvalue weighted by Gasteiger charge is 2.08. The van der Waals surface area contributed by atoms with E-state index in [-0.39, 0.29) is 0 Å². The molecule has 0 aliphatic rings. The van der Waals surface area contributed by atoms with Crippen LogP contribution < -0.4 is 15.8 Å². The molecule has 0 saturated carbocycles. The highest BCUT2D eigenvalue weighted by molar-refractivity contribution is 5.35. The summed E-state index contributed by atoms with van der Waals surface area (Å²) in [6, 6.07) is 8.38. The molecule has 108 valence electrons. The van der Waals surface area contributed by atoms with Gasteiger partial charge in [0.25, 0.3) is 0 Å². The number of nitrogens with two attached hydrogens (primary N) is 1. The fourth-order valence-corrected chi connectivity index (χ4v) is 2.00. The van der Waals surface area contributed by atoms with Crippen LogP contribution in [0, 0.1) is 0 Å². The quantitative estimate of drug-likeness (QED) is 0.639. The lowest BCUT2D eigenvalue weighted by Gasteiger charge is -2.15. The third-order valence-electron chi connectivity index (χ3n) is 3.39. The molecule has 0 aliphatic carbocycles. The molecule has 0 unspecified atom stereocenters. The number of hydrogen-bond acceptors (Lipinski definition) is 3. The van der Waals surface area contributed by atoms with Gasteiger partial charge in [-0.15, -0.1) is 0 Å². The van der Waals surface area contributed by atoms with Crippen LogP contribution in [-0.2, 0) is 0 Å². The molecule has 1 rings (SSSR count). The van der Waals surface area contributed by atoms with Crippen LogP contribution in [0.3, 0.4) is 0 Å². The second kappa shape index (κ2) is 9.82. The van der Waals surface area contributed by atoms with E-state index < -0.39 is 0 Å². The van der Waals surface area contributed by atoms with Crippen molar-refractivity contribution in [2.45, 2.75) is 39.0 Å². The van der Waals surface area contributed by atoms with Crippen molar-refractivity contribution in [1.29, 1.82) is 0 Å². The lowest BCUT2D eigenvalue weighted by molar-refractivity contribution is 0.301. The zero-order valence-electron chi connectivity index (χ0n) is 12.3. The number of ether oxygens (including phenoxy) is 1. The van der Waals surface area contributed by atoms with Crippen LogP contribution in [0.5, 0.6) is 5.75 Å². The van der Waals surface area contributed by atoms with E-state index >= 15 is 0 Å². The number of unbranched alkanes of at least 4 members (excludes halogenated alkanes) is 1. The second-order valence-corrected chi connectivity index (χ2v) is 4.94. The first kappa shape index (κ1) is 16.0. The standard InChI is InChI=1S/C16H28N2O/c1-3-14(2)15-8-4-5-9-16(15)19-13-7-6-11-18-12-10-17/h4-5,8-9,14,18H,3,6-7,10-13,17H2,1-2H3/t14-/m1/s1. The van der Waals surface area contributed by atoms with E-state index in [9.17, 15) is 0 Å². The van der Waals surface area contributed by atoms with Gasteiger partial charge in [-0.3, -0.25) is 0 Å². The van der Waals surface area contributed by atoms with Crippen LogP contribution in [0.2, 0.25) is 0 Å². The molecule has 0 fully saturated rings. The van der Waals surface area contributed by atoms with Gasteiger partial charge in [0.2, 0.25) is 0 Å². The molecule has 0 amide bonds. The molecule has 0 saturated heterocycles. The first-order valence-electron chi connectivity index (χ1n) is 7.42. The van der Waals surface area contributed by atoms with E-state index in [0.29, 0.717) is 12.5 Å². The van der Waals surface area contributed by atoms with Crippen molar-refractivity contribution in [3.8, 4) is 5.75 Å².